The van der Waals surface area contributed by atoms with Crippen LogP contribution in [-0.4, -0.2) is 144 Å². The first-order valence-electron chi connectivity index (χ1n) is 17.2. The highest BCUT2D eigenvalue weighted by Crippen LogP contribution is 2.05. The van der Waals surface area contributed by atoms with E-state index in [1.165, 1.54) is 13.8 Å². The van der Waals surface area contributed by atoms with Crippen LogP contribution in [0.3, 0.4) is 0 Å². The molecule has 0 heterocycles. The van der Waals surface area contributed by atoms with E-state index in [0.717, 1.165) is 0 Å². The zero-order chi connectivity index (χ0) is 41.4. The van der Waals surface area contributed by atoms with Crippen LogP contribution in [0.15, 0.2) is 9.98 Å². The SMILES string of the molecule is C[C@H](NC(=O)[C@H](CCCN=C(N)N)NC(=O)[C@H](CO)NC(=O)[C@H](CCCCN)NC(=O)[C@@H](N)[C@@H](C)O)C(=O)NCC(=O)N[C@@H](CCCN=C(N)N)C(=O)O. The van der Waals surface area contributed by atoms with Crippen LogP contribution in [-0.2, 0) is 33.6 Å². The van der Waals surface area contributed by atoms with Crippen LogP contribution in [0.2, 0.25) is 0 Å². The maximum absolute atomic E-state index is 13.3. The van der Waals surface area contributed by atoms with Crippen LogP contribution in [0.25, 0.3) is 0 Å². The Kier molecular flexibility index (Phi) is 23.8. The number of nitrogens with zero attached hydrogens (tertiary/aromatic N) is 2. The summed E-state index contributed by atoms with van der Waals surface area (Å²) in [6.45, 7) is 1.51. The molecule has 0 bridgehead atoms. The van der Waals surface area contributed by atoms with Crippen molar-refractivity contribution in [3.8, 4) is 0 Å². The second-order valence-corrected chi connectivity index (χ2v) is 12.2. The molecule has 24 nitrogen and oxygen atoms in total. The third kappa shape index (κ3) is 20.6. The van der Waals surface area contributed by atoms with Gasteiger partial charge in [0.1, 0.15) is 36.3 Å². The van der Waals surface area contributed by atoms with E-state index in [0.29, 0.717) is 19.4 Å². The van der Waals surface area contributed by atoms with Crippen molar-refractivity contribution in [3.05, 3.63) is 0 Å². The Bertz CT molecular complexity index is 1310. The topological polar surface area (TPSA) is 433 Å². The molecule has 0 aliphatic heterocycles. The third-order valence-corrected chi connectivity index (χ3v) is 7.55. The first-order valence-corrected chi connectivity index (χ1v) is 17.2. The fourth-order valence-electron chi connectivity index (χ4n) is 4.47. The van der Waals surface area contributed by atoms with Crippen molar-refractivity contribution in [3.63, 3.8) is 0 Å². The van der Waals surface area contributed by atoms with Crippen LogP contribution < -0.4 is 66.3 Å². The lowest BCUT2D eigenvalue weighted by Gasteiger charge is -2.26. The molecule has 0 saturated carbocycles. The standard InChI is InChI=1S/C30H58N14O10/c1-15(23(48)39-13-21(47)41-19(28(53)54)9-6-12-38-30(35)36)40-24(49)18(8-5-11-37-29(33)34)42-26(51)20(14-45)44-25(50)17(7-3-4-10-31)43-27(52)22(32)16(2)46/h15-20,22,45-46H,3-14,31-32H2,1-2H3,(H,39,48)(H,40,49)(H,41,47)(H,42,51)(H,43,52)(H,44,50)(H,53,54)(H4,33,34,37)(H4,35,36,38)/t15-,16+,17-,18-,19-,20-,22-/m0/s1. The Hall–Kier alpha value is -5.33. The lowest BCUT2D eigenvalue weighted by atomic mass is 10.1. The Morgan fingerprint density at radius 1 is 0.630 bits per heavy atom. The van der Waals surface area contributed by atoms with Gasteiger partial charge in [-0.25, -0.2) is 4.79 Å². The summed E-state index contributed by atoms with van der Waals surface area (Å²) in [7, 11) is 0. The van der Waals surface area contributed by atoms with E-state index in [2.05, 4.69) is 41.9 Å². The zero-order valence-corrected chi connectivity index (χ0v) is 30.6. The van der Waals surface area contributed by atoms with Crippen molar-refractivity contribution in [1.82, 2.24) is 31.9 Å². The molecule has 0 fully saturated rings. The zero-order valence-electron chi connectivity index (χ0n) is 30.6. The Labute approximate surface area is 312 Å². The molecule has 7 atom stereocenters. The molecule has 0 radical (unpaired) electrons. The number of carbonyl (C=O) groups is 7. The van der Waals surface area contributed by atoms with Crippen molar-refractivity contribution in [2.75, 3.05) is 32.8 Å². The largest absolute Gasteiger partial charge is 0.480 e. The summed E-state index contributed by atoms with van der Waals surface area (Å²) in [5.41, 5.74) is 32.4. The quantitative estimate of drug-likeness (QED) is 0.0209. The molecule has 0 unspecified atom stereocenters. The number of rotatable bonds is 27. The molecule has 0 aliphatic carbocycles. The van der Waals surface area contributed by atoms with Gasteiger partial charge in [-0.15, -0.1) is 0 Å². The lowest BCUT2D eigenvalue weighted by Crippen LogP contribution is -2.60. The molecule has 0 aromatic carbocycles. The molecule has 0 aromatic heterocycles. The monoisotopic (exact) mass is 774 g/mol. The molecule has 308 valence electrons. The van der Waals surface area contributed by atoms with Crippen LogP contribution >= 0.6 is 0 Å². The molecular weight excluding hydrogens is 716 g/mol. The van der Waals surface area contributed by atoms with Crippen LogP contribution in [0, 0.1) is 0 Å². The van der Waals surface area contributed by atoms with E-state index in [1.807, 2.05) is 0 Å². The number of carboxylic acid groups (broad SMARTS) is 1. The van der Waals surface area contributed by atoms with E-state index in [9.17, 15) is 48.9 Å². The number of nitrogens with one attached hydrogen (secondary N) is 6. The fourth-order valence-corrected chi connectivity index (χ4v) is 4.47. The second-order valence-electron chi connectivity index (χ2n) is 12.2. The average molecular weight is 775 g/mol. The van der Waals surface area contributed by atoms with Crippen molar-refractivity contribution in [1.29, 1.82) is 0 Å². The predicted octanol–water partition coefficient (Wildman–Crippen LogP) is -7.43. The summed E-state index contributed by atoms with van der Waals surface area (Å²) < 4.78 is 0. The number of hydrogen-bond donors (Lipinski definition) is 15. The van der Waals surface area contributed by atoms with Gasteiger partial charge in [-0.3, -0.25) is 38.8 Å². The highest BCUT2D eigenvalue weighted by Gasteiger charge is 2.31. The Balaban J connectivity index is 5.63. The van der Waals surface area contributed by atoms with E-state index >= 15 is 0 Å². The van der Waals surface area contributed by atoms with Gasteiger partial charge in [-0.1, -0.05) is 0 Å². The number of aliphatic carboxylic acids is 1. The molecular formula is C30H58N14O10. The van der Waals surface area contributed by atoms with E-state index in [1.54, 1.807) is 0 Å². The third-order valence-electron chi connectivity index (χ3n) is 7.55. The highest BCUT2D eigenvalue weighted by atomic mass is 16.4. The smallest absolute Gasteiger partial charge is 0.326 e. The van der Waals surface area contributed by atoms with Crippen molar-refractivity contribution < 1.29 is 48.9 Å². The summed E-state index contributed by atoms with van der Waals surface area (Å²) in [5.74, 6) is -6.93. The minimum absolute atomic E-state index is 0.0000166. The molecule has 6 amide bonds. The molecule has 24 heteroatoms. The second kappa shape index (κ2) is 26.4. The van der Waals surface area contributed by atoms with Gasteiger partial charge in [0, 0.05) is 13.1 Å². The van der Waals surface area contributed by atoms with Gasteiger partial charge in [0.25, 0.3) is 0 Å². The summed E-state index contributed by atoms with van der Waals surface area (Å²) in [4.78, 5) is 96.3. The number of nitrogens with two attached hydrogens (primary N) is 6. The highest BCUT2D eigenvalue weighted by molar-refractivity contribution is 5.96. The van der Waals surface area contributed by atoms with Gasteiger partial charge in [-0.2, -0.15) is 0 Å². The van der Waals surface area contributed by atoms with Gasteiger partial charge >= 0.3 is 5.97 Å². The van der Waals surface area contributed by atoms with Crippen molar-refractivity contribution in [2.45, 2.75) is 101 Å². The molecule has 0 spiro atoms. The van der Waals surface area contributed by atoms with Crippen LogP contribution in [0.5, 0.6) is 0 Å². The van der Waals surface area contributed by atoms with Crippen LogP contribution in [0.4, 0.5) is 0 Å². The summed E-state index contributed by atoms with van der Waals surface area (Å²) in [6, 6.07) is -8.08. The number of aliphatic hydroxyl groups excluding tert-OH is 2. The molecule has 0 aliphatic rings. The van der Waals surface area contributed by atoms with Crippen LogP contribution in [0.1, 0.15) is 58.8 Å². The number of carboxylic acids is 1. The summed E-state index contributed by atoms with van der Waals surface area (Å²) >= 11 is 0. The van der Waals surface area contributed by atoms with Gasteiger partial charge < -0.3 is 81.6 Å². The lowest BCUT2D eigenvalue weighted by molar-refractivity contribution is -0.142. The van der Waals surface area contributed by atoms with E-state index in [-0.39, 0.29) is 57.1 Å². The normalized spacial score (nSPS) is 14.6. The first-order chi connectivity index (χ1) is 25.3. The van der Waals surface area contributed by atoms with Crippen molar-refractivity contribution >= 4 is 53.3 Å². The number of aliphatic hydroxyl groups is 2. The molecule has 54 heavy (non-hydrogen) atoms. The fraction of sp³-hybridized carbons (Fsp3) is 0.700. The van der Waals surface area contributed by atoms with Gasteiger partial charge in [-0.05, 0) is 65.3 Å². The minimum atomic E-state index is -1.61. The first kappa shape index (κ1) is 48.7. The number of guanidine groups is 2. The molecule has 21 N–H and O–H groups in total. The summed E-state index contributed by atoms with van der Waals surface area (Å²) in [5, 5.41) is 43.1. The molecule has 0 saturated heterocycles. The van der Waals surface area contributed by atoms with Gasteiger partial charge in [0.15, 0.2) is 11.9 Å². The van der Waals surface area contributed by atoms with E-state index < -0.39 is 96.9 Å². The minimum Gasteiger partial charge on any atom is -0.480 e. The van der Waals surface area contributed by atoms with Gasteiger partial charge in [0.05, 0.1) is 19.3 Å². The molecule has 0 aromatic rings. The number of amides is 6. The average Bonchev–Trinajstić information content (AvgIpc) is 3.10. The van der Waals surface area contributed by atoms with Gasteiger partial charge in [0.2, 0.25) is 35.4 Å². The summed E-state index contributed by atoms with van der Waals surface area (Å²) in [6.07, 6.45) is 0.0726. The maximum Gasteiger partial charge on any atom is 0.326 e. The number of aliphatic imine (C=N–C) groups is 2. The Morgan fingerprint density at radius 2 is 1.09 bits per heavy atom. The number of unbranched alkanes of at least 4 members (excludes halogenated alkanes) is 1. The number of carbonyl (C=O) groups excluding carboxylic acids is 6. The van der Waals surface area contributed by atoms with Crippen molar-refractivity contribution in [2.24, 2.45) is 44.4 Å². The van der Waals surface area contributed by atoms with E-state index in [4.69, 9.17) is 34.4 Å². The molecule has 0 rings (SSSR count). The Morgan fingerprint density at radius 3 is 1.57 bits per heavy atom. The predicted molar refractivity (Wildman–Crippen MR) is 195 cm³/mol. The maximum atomic E-state index is 13.3. The number of hydrogen-bond acceptors (Lipinski definition) is 13.